The van der Waals surface area contributed by atoms with Gasteiger partial charge in [0.15, 0.2) is 5.78 Å². The van der Waals surface area contributed by atoms with Crippen LogP contribution in [0.2, 0.25) is 0 Å². The lowest BCUT2D eigenvalue weighted by atomic mass is 9.92. The molecule has 1 aromatic carbocycles. The van der Waals surface area contributed by atoms with E-state index < -0.39 is 41.6 Å². The summed E-state index contributed by atoms with van der Waals surface area (Å²) in [6, 6.07) is 3.41. The first-order valence-corrected chi connectivity index (χ1v) is 9.45. The fourth-order valence-electron chi connectivity index (χ4n) is 3.01. The van der Waals surface area contributed by atoms with Gasteiger partial charge in [0.05, 0.1) is 6.10 Å². The molecule has 0 aromatic heterocycles. The quantitative estimate of drug-likeness (QED) is 0.694. The third-order valence-corrected chi connectivity index (χ3v) is 4.92. The average Bonchev–Trinajstić information content (AvgIpc) is 2.87. The van der Waals surface area contributed by atoms with Crippen molar-refractivity contribution < 1.29 is 37.0 Å². The molecule has 0 radical (unpaired) electrons. The Kier molecular flexibility index (Phi) is 7.12. The van der Waals surface area contributed by atoms with E-state index >= 15 is 0 Å². The Balaban J connectivity index is 2.11. The zero-order valence-corrected chi connectivity index (χ0v) is 17.1. The molecule has 0 aliphatic carbocycles. The van der Waals surface area contributed by atoms with Crippen molar-refractivity contribution in [3.8, 4) is 5.75 Å². The third kappa shape index (κ3) is 5.94. The monoisotopic (exact) mass is 430 g/mol. The second kappa shape index (κ2) is 9.03. The van der Waals surface area contributed by atoms with Gasteiger partial charge in [-0.3, -0.25) is 14.4 Å². The standard InChI is InChI=1S/C20H25F3N2O5/c1-11(2)9-15(18(28)25-19(4)12(3)29-10-16(19)26)24-17(27)13-5-7-14(8-6-13)30-20(21,22)23/h5-8,11-12,15H,9-10H2,1-4H3,(H,24,27)(H,25,28). The zero-order chi connectivity index (χ0) is 22.7. The predicted molar refractivity (Wildman–Crippen MR) is 101 cm³/mol. The molecule has 7 nitrogen and oxygen atoms in total. The first kappa shape index (κ1) is 23.7. The van der Waals surface area contributed by atoms with Crippen LogP contribution in [0, 0.1) is 5.92 Å². The van der Waals surface area contributed by atoms with Gasteiger partial charge < -0.3 is 20.1 Å². The highest BCUT2D eigenvalue weighted by Crippen LogP contribution is 2.24. The molecule has 1 saturated heterocycles. The number of carbonyl (C=O) groups excluding carboxylic acids is 3. The van der Waals surface area contributed by atoms with Gasteiger partial charge in [-0.05, 0) is 50.5 Å². The summed E-state index contributed by atoms with van der Waals surface area (Å²) in [5, 5.41) is 5.27. The molecule has 1 heterocycles. The fourth-order valence-corrected chi connectivity index (χ4v) is 3.01. The lowest BCUT2D eigenvalue weighted by Crippen LogP contribution is -2.60. The smallest absolute Gasteiger partial charge is 0.406 e. The molecule has 2 rings (SSSR count). The summed E-state index contributed by atoms with van der Waals surface area (Å²) < 4.78 is 45.8. The fraction of sp³-hybridized carbons (Fsp3) is 0.550. The molecule has 1 aliphatic heterocycles. The van der Waals surface area contributed by atoms with Crippen LogP contribution in [-0.2, 0) is 14.3 Å². The molecule has 0 spiro atoms. The van der Waals surface area contributed by atoms with Gasteiger partial charge in [0, 0.05) is 5.56 Å². The molecule has 0 saturated carbocycles. The van der Waals surface area contributed by atoms with Crippen LogP contribution in [0.3, 0.4) is 0 Å². The molecule has 1 aliphatic rings. The highest BCUT2D eigenvalue weighted by atomic mass is 19.4. The molecule has 2 amide bonds. The minimum Gasteiger partial charge on any atom is -0.406 e. The number of halogens is 3. The van der Waals surface area contributed by atoms with Gasteiger partial charge >= 0.3 is 6.36 Å². The number of benzene rings is 1. The summed E-state index contributed by atoms with van der Waals surface area (Å²) in [5.74, 6) is -1.86. The van der Waals surface area contributed by atoms with Crippen molar-refractivity contribution in [3.63, 3.8) is 0 Å². The molecule has 166 valence electrons. The zero-order valence-electron chi connectivity index (χ0n) is 17.1. The van der Waals surface area contributed by atoms with E-state index in [4.69, 9.17) is 4.74 Å². The summed E-state index contributed by atoms with van der Waals surface area (Å²) in [5.41, 5.74) is -1.14. The number of carbonyl (C=O) groups is 3. The molecule has 3 unspecified atom stereocenters. The van der Waals surface area contributed by atoms with Gasteiger partial charge in [0.2, 0.25) is 5.91 Å². The number of Topliss-reactive ketones (excluding diaryl/α,β-unsaturated/α-hetero) is 1. The summed E-state index contributed by atoms with van der Waals surface area (Å²) in [7, 11) is 0. The van der Waals surface area contributed by atoms with Gasteiger partial charge in [0.25, 0.3) is 5.91 Å². The average molecular weight is 430 g/mol. The topological polar surface area (TPSA) is 93.7 Å². The van der Waals surface area contributed by atoms with Crippen molar-refractivity contribution in [2.45, 2.75) is 58.2 Å². The maximum atomic E-state index is 12.8. The maximum Gasteiger partial charge on any atom is 0.573 e. The Labute approximate surface area is 172 Å². The molecule has 0 bridgehead atoms. The largest absolute Gasteiger partial charge is 0.573 e. The van der Waals surface area contributed by atoms with E-state index in [1.54, 1.807) is 13.8 Å². The number of hydrogen-bond acceptors (Lipinski definition) is 5. The van der Waals surface area contributed by atoms with Crippen molar-refractivity contribution in [2.24, 2.45) is 5.92 Å². The molecule has 1 aromatic rings. The predicted octanol–water partition coefficient (Wildman–Crippen LogP) is 2.59. The molecule has 30 heavy (non-hydrogen) atoms. The normalized spacial score (nSPS) is 22.7. The highest BCUT2D eigenvalue weighted by molar-refractivity contribution is 6.00. The van der Waals surface area contributed by atoms with Gasteiger partial charge in [0.1, 0.15) is 23.9 Å². The van der Waals surface area contributed by atoms with Crippen molar-refractivity contribution in [1.82, 2.24) is 10.6 Å². The number of amides is 2. The Morgan fingerprint density at radius 1 is 1.27 bits per heavy atom. The van der Waals surface area contributed by atoms with E-state index in [-0.39, 0.29) is 23.9 Å². The summed E-state index contributed by atoms with van der Waals surface area (Å²) in [6.07, 6.45) is -5.06. The van der Waals surface area contributed by atoms with Crippen LogP contribution in [0.1, 0.15) is 44.5 Å². The maximum absolute atomic E-state index is 12.8. The van der Waals surface area contributed by atoms with Crippen molar-refractivity contribution in [1.29, 1.82) is 0 Å². The number of alkyl halides is 3. The Morgan fingerprint density at radius 3 is 2.33 bits per heavy atom. The van der Waals surface area contributed by atoms with E-state index in [1.165, 1.54) is 12.1 Å². The minimum absolute atomic E-state index is 0.0457. The van der Waals surface area contributed by atoms with Gasteiger partial charge in [-0.1, -0.05) is 13.8 Å². The van der Waals surface area contributed by atoms with Crippen LogP contribution < -0.4 is 15.4 Å². The van der Waals surface area contributed by atoms with Crippen LogP contribution in [-0.4, -0.2) is 48.3 Å². The van der Waals surface area contributed by atoms with Crippen LogP contribution in [0.15, 0.2) is 24.3 Å². The third-order valence-electron chi connectivity index (χ3n) is 4.92. The minimum atomic E-state index is -4.83. The molecular formula is C20H25F3N2O5. The summed E-state index contributed by atoms with van der Waals surface area (Å²) in [4.78, 5) is 37.5. The second-order valence-corrected chi connectivity index (χ2v) is 7.80. The molecule has 2 N–H and O–H groups in total. The second-order valence-electron chi connectivity index (χ2n) is 7.80. The number of ether oxygens (including phenoxy) is 2. The highest BCUT2D eigenvalue weighted by Gasteiger charge is 2.47. The van der Waals surface area contributed by atoms with E-state index in [9.17, 15) is 27.6 Å². The van der Waals surface area contributed by atoms with E-state index in [2.05, 4.69) is 15.4 Å². The van der Waals surface area contributed by atoms with Crippen LogP contribution in [0.25, 0.3) is 0 Å². The number of ketones is 1. The van der Waals surface area contributed by atoms with Gasteiger partial charge in [-0.15, -0.1) is 13.2 Å². The Hall–Kier alpha value is -2.62. The summed E-state index contributed by atoms with van der Waals surface area (Å²) in [6.45, 7) is 6.86. The first-order valence-electron chi connectivity index (χ1n) is 9.45. The molecule has 3 atom stereocenters. The molecule has 10 heteroatoms. The first-order chi connectivity index (χ1) is 13.8. The Morgan fingerprint density at radius 2 is 1.87 bits per heavy atom. The van der Waals surface area contributed by atoms with Crippen LogP contribution >= 0.6 is 0 Å². The van der Waals surface area contributed by atoms with Crippen LogP contribution in [0.4, 0.5) is 13.2 Å². The van der Waals surface area contributed by atoms with E-state index in [0.717, 1.165) is 12.1 Å². The van der Waals surface area contributed by atoms with Gasteiger partial charge in [-0.25, -0.2) is 0 Å². The van der Waals surface area contributed by atoms with Gasteiger partial charge in [-0.2, -0.15) is 0 Å². The SMILES string of the molecule is CC(C)CC(NC(=O)c1ccc(OC(F)(F)F)cc1)C(=O)NC1(C)C(=O)COC1C. The number of nitrogens with one attached hydrogen (secondary N) is 2. The van der Waals surface area contributed by atoms with E-state index in [1.807, 2.05) is 13.8 Å². The number of rotatable bonds is 7. The molecular weight excluding hydrogens is 405 g/mol. The molecule has 1 fully saturated rings. The number of hydrogen-bond donors (Lipinski definition) is 2. The lowest BCUT2D eigenvalue weighted by molar-refractivity contribution is -0.274. The summed E-state index contributed by atoms with van der Waals surface area (Å²) >= 11 is 0. The lowest BCUT2D eigenvalue weighted by Gasteiger charge is -2.30. The van der Waals surface area contributed by atoms with E-state index in [0.29, 0.717) is 6.42 Å². The van der Waals surface area contributed by atoms with Crippen molar-refractivity contribution in [3.05, 3.63) is 29.8 Å². The Bertz CT molecular complexity index is 795. The van der Waals surface area contributed by atoms with Crippen LogP contribution in [0.5, 0.6) is 5.75 Å². The van der Waals surface area contributed by atoms with Crippen molar-refractivity contribution in [2.75, 3.05) is 6.61 Å². The van der Waals surface area contributed by atoms with Crippen molar-refractivity contribution >= 4 is 17.6 Å².